The van der Waals surface area contributed by atoms with Crippen molar-refractivity contribution in [3.63, 3.8) is 0 Å². The first-order valence-electron chi connectivity index (χ1n) is 10.5. The smallest absolute Gasteiger partial charge is 0.191 e. The van der Waals surface area contributed by atoms with Crippen LogP contribution in [0.5, 0.6) is 5.75 Å². The third-order valence-corrected chi connectivity index (χ3v) is 6.03. The lowest BCUT2D eigenvalue weighted by Gasteiger charge is -2.20. The minimum Gasteiger partial charge on any atom is -0.488 e. The van der Waals surface area contributed by atoms with Crippen molar-refractivity contribution in [3.05, 3.63) is 29.3 Å². The number of benzene rings is 1. The van der Waals surface area contributed by atoms with Gasteiger partial charge in [0, 0.05) is 32.1 Å². The zero-order chi connectivity index (χ0) is 18.6. The molecule has 0 radical (unpaired) electrons. The zero-order valence-electron chi connectivity index (χ0n) is 17.1. The molecule has 1 saturated heterocycles. The normalized spacial score (nSPS) is 22.1. The maximum atomic E-state index is 6.21. The molecule has 1 atom stereocenters. The van der Waals surface area contributed by atoms with E-state index in [1.54, 1.807) is 0 Å². The Labute approximate surface area is 186 Å². The second-order valence-electron chi connectivity index (χ2n) is 8.36. The lowest BCUT2D eigenvalue weighted by molar-refractivity contribution is 0.140. The largest absolute Gasteiger partial charge is 0.488 e. The van der Waals surface area contributed by atoms with Crippen LogP contribution in [0.15, 0.2) is 23.2 Å². The Hall–Kier alpha value is -1.02. The van der Waals surface area contributed by atoms with Crippen LogP contribution in [-0.2, 0) is 11.3 Å². The molecule has 0 aromatic heterocycles. The fraction of sp³-hybridized carbons (Fsp3) is 0.682. The van der Waals surface area contributed by atoms with Crippen LogP contribution in [0.25, 0.3) is 0 Å². The zero-order valence-corrected chi connectivity index (χ0v) is 19.4. The summed E-state index contributed by atoms with van der Waals surface area (Å²) >= 11 is 0. The van der Waals surface area contributed by atoms with Gasteiger partial charge in [-0.25, -0.2) is 0 Å². The summed E-state index contributed by atoms with van der Waals surface area (Å²) < 4.78 is 11.7. The molecule has 1 aromatic rings. The Morgan fingerprint density at radius 1 is 1.18 bits per heavy atom. The van der Waals surface area contributed by atoms with Crippen LogP contribution in [-0.4, -0.2) is 38.9 Å². The van der Waals surface area contributed by atoms with E-state index < -0.39 is 0 Å². The number of aryl methyl sites for hydroxylation is 1. The molecule has 1 aromatic carbocycles. The van der Waals surface area contributed by atoms with Gasteiger partial charge >= 0.3 is 0 Å². The number of nitrogens with one attached hydrogen (secondary N) is 2. The number of guanidine groups is 1. The number of aliphatic imine (C=N–C) groups is 1. The van der Waals surface area contributed by atoms with E-state index in [-0.39, 0.29) is 30.1 Å². The topological polar surface area (TPSA) is 54.9 Å². The van der Waals surface area contributed by atoms with Gasteiger partial charge < -0.3 is 20.1 Å². The van der Waals surface area contributed by atoms with Crippen LogP contribution in [0.3, 0.4) is 0 Å². The van der Waals surface area contributed by atoms with Gasteiger partial charge in [0.05, 0.1) is 13.2 Å². The standard InChI is InChI=1S/C22H33N3O2.HI/c1-15-3-4-18(21(11-15)27-19-9-10-26-14-19)12-24-22(23-2)25-13-20(16-5-6-16)17-7-8-17;/h3-4,11,16-17,19-20H,5-10,12-14H2,1-2H3,(H2,23,24,25);1H. The minimum atomic E-state index is 0. The van der Waals surface area contributed by atoms with Gasteiger partial charge in [-0.1, -0.05) is 12.1 Å². The summed E-state index contributed by atoms with van der Waals surface area (Å²) in [6.45, 7) is 5.34. The van der Waals surface area contributed by atoms with Crippen molar-refractivity contribution >= 4 is 29.9 Å². The number of ether oxygens (including phenoxy) is 2. The molecule has 2 aliphatic carbocycles. The Morgan fingerprint density at radius 3 is 2.54 bits per heavy atom. The molecule has 3 aliphatic rings. The second-order valence-corrected chi connectivity index (χ2v) is 8.36. The van der Waals surface area contributed by atoms with Gasteiger partial charge in [0.25, 0.3) is 0 Å². The molecule has 0 spiro atoms. The van der Waals surface area contributed by atoms with Gasteiger partial charge in [0.2, 0.25) is 0 Å². The summed E-state index contributed by atoms with van der Waals surface area (Å²) in [7, 11) is 1.85. The summed E-state index contributed by atoms with van der Waals surface area (Å²) in [6.07, 6.45) is 6.82. The summed E-state index contributed by atoms with van der Waals surface area (Å²) in [4.78, 5) is 4.42. The van der Waals surface area contributed by atoms with E-state index in [4.69, 9.17) is 9.47 Å². The fourth-order valence-electron chi connectivity index (χ4n) is 4.08. The molecule has 1 heterocycles. The van der Waals surface area contributed by atoms with Gasteiger partial charge in [-0.15, -0.1) is 24.0 Å². The van der Waals surface area contributed by atoms with Crippen molar-refractivity contribution in [2.24, 2.45) is 22.7 Å². The van der Waals surface area contributed by atoms with Crippen LogP contribution >= 0.6 is 24.0 Å². The highest BCUT2D eigenvalue weighted by Gasteiger charge is 2.41. The molecule has 1 unspecified atom stereocenters. The molecule has 0 amide bonds. The van der Waals surface area contributed by atoms with Crippen molar-refractivity contribution in [1.29, 1.82) is 0 Å². The van der Waals surface area contributed by atoms with Crippen molar-refractivity contribution in [2.75, 3.05) is 26.8 Å². The molecular weight excluding hydrogens is 465 g/mol. The number of hydrogen-bond acceptors (Lipinski definition) is 3. The maximum Gasteiger partial charge on any atom is 0.191 e. The Balaban J connectivity index is 0.00000225. The lowest BCUT2D eigenvalue weighted by atomic mass is 9.98. The molecule has 1 aliphatic heterocycles. The van der Waals surface area contributed by atoms with Gasteiger partial charge in [-0.05, 0) is 62.0 Å². The maximum absolute atomic E-state index is 6.21. The lowest BCUT2D eigenvalue weighted by Crippen LogP contribution is -2.40. The van der Waals surface area contributed by atoms with E-state index >= 15 is 0 Å². The quantitative estimate of drug-likeness (QED) is 0.324. The average molecular weight is 499 g/mol. The summed E-state index contributed by atoms with van der Waals surface area (Å²) in [5.41, 5.74) is 2.38. The second kappa shape index (κ2) is 10.1. The molecule has 5 nitrogen and oxygen atoms in total. The Kier molecular flexibility index (Phi) is 7.85. The van der Waals surface area contributed by atoms with E-state index in [0.29, 0.717) is 13.2 Å². The van der Waals surface area contributed by atoms with Crippen molar-refractivity contribution < 1.29 is 9.47 Å². The van der Waals surface area contributed by atoms with E-state index in [1.165, 1.54) is 31.2 Å². The number of hydrogen-bond donors (Lipinski definition) is 2. The third kappa shape index (κ3) is 5.99. The number of halogens is 1. The number of nitrogens with zero attached hydrogens (tertiary/aromatic N) is 1. The molecular formula is C22H34IN3O2. The van der Waals surface area contributed by atoms with Crippen LogP contribution in [0.2, 0.25) is 0 Å². The first kappa shape index (κ1) is 21.7. The van der Waals surface area contributed by atoms with Crippen LogP contribution in [0.4, 0.5) is 0 Å². The van der Waals surface area contributed by atoms with Crippen LogP contribution < -0.4 is 15.4 Å². The van der Waals surface area contributed by atoms with E-state index in [1.807, 2.05) is 7.05 Å². The third-order valence-electron chi connectivity index (χ3n) is 6.03. The molecule has 0 bridgehead atoms. The van der Waals surface area contributed by atoms with Gasteiger partial charge in [0.1, 0.15) is 11.9 Å². The van der Waals surface area contributed by atoms with Crippen molar-refractivity contribution in [1.82, 2.24) is 10.6 Å². The van der Waals surface area contributed by atoms with Gasteiger partial charge in [0.15, 0.2) is 5.96 Å². The summed E-state index contributed by atoms with van der Waals surface area (Å²) in [5, 5.41) is 7.04. The molecule has 28 heavy (non-hydrogen) atoms. The monoisotopic (exact) mass is 499 g/mol. The fourth-order valence-corrected chi connectivity index (χ4v) is 4.08. The first-order valence-corrected chi connectivity index (χ1v) is 10.5. The molecule has 2 N–H and O–H groups in total. The minimum absolute atomic E-state index is 0. The van der Waals surface area contributed by atoms with Crippen LogP contribution in [0.1, 0.15) is 43.2 Å². The molecule has 4 rings (SSSR count). The van der Waals surface area contributed by atoms with Crippen molar-refractivity contribution in [2.45, 2.75) is 51.7 Å². The predicted octanol–water partition coefficient (Wildman–Crippen LogP) is 3.88. The Morgan fingerprint density at radius 2 is 1.93 bits per heavy atom. The molecule has 3 fully saturated rings. The Bertz CT molecular complexity index is 656. The summed E-state index contributed by atoms with van der Waals surface area (Å²) in [6, 6.07) is 6.42. The highest BCUT2D eigenvalue weighted by Crippen LogP contribution is 2.48. The van der Waals surface area contributed by atoms with Crippen molar-refractivity contribution in [3.8, 4) is 5.75 Å². The SMILES string of the molecule is CN=C(NCc1ccc(C)cc1OC1CCOC1)NCC(C1CC1)C1CC1.I. The van der Waals surface area contributed by atoms with Gasteiger partial charge in [-0.2, -0.15) is 0 Å². The highest BCUT2D eigenvalue weighted by atomic mass is 127. The van der Waals surface area contributed by atoms with E-state index in [0.717, 1.165) is 54.6 Å². The molecule has 6 heteroatoms. The molecule has 2 saturated carbocycles. The van der Waals surface area contributed by atoms with E-state index in [2.05, 4.69) is 40.7 Å². The average Bonchev–Trinajstić information content (AvgIpc) is 3.60. The van der Waals surface area contributed by atoms with Gasteiger partial charge in [-0.3, -0.25) is 4.99 Å². The molecule has 156 valence electrons. The number of rotatable bonds is 8. The van der Waals surface area contributed by atoms with E-state index in [9.17, 15) is 0 Å². The van der Waals surface area contributed by atoms with Crippen LogP contribution in [0, 0.1) is 24.7 Å². The predicted molar refractivity (Wildman–Crippen MR) is 124 cm³/mol. The first-order chi connectivity index (χ1) is 13.2. The summed E-state index contributed by atoms with van der Waals surface area (Å²) in [5.74, 6) is 4.59. The highest BCUT2D eigenvalue weighted by molar-refractivity contribution is 14.0.